The van der Waals surface area contributed by atoms with Gasteiger partial charge in [0.05, 0.1) is 0 Å². The first kappa shape index (κ1) is 14.5. The van der Waals surface area contributed by atoms with Crippen LogP contribution in [0.5, 0.6) is 0 Å². The van der Waals surface area contributed by atoms with Gasteiger partial charge >= 0.3 is 5.97 Å². The summed E-state index contributed by atoms with van der Waals surface area (Å²) in [5, 5.41) is 12.5. The first-order valence-corrected chi connectivity index (χ1v) is 7.16. The summed E-state index contributed by atoms with van der Waals surface area (Å²) in [6.45, 7) is 4.35. The van der Waals surface area contributed by atoms with Gasteiger partial charge in [0.1, 0.15) is 6.04 Å². The van der Waals surface area contributed by atoms with Crippen molar-refractivity contribution in [2.45, 2.75) is 77.3 Å². The minimum absolute atomic E-state index is 0.335. The second-order valence-corrected chi connectivity index (χ2v) is 5.33. The molecule has 0 aliphatic heterocycles. The Labute approximate surface area is 105 Å². The van der Waals surface area contributed by atoms with Crippen molar-refractivity contribution in [3.05, 3.63) is 0 Å². The summed E-state index contributed by atoms with van der Waals surface area (Å²) in [5.41, 5.74) is 0. The van der Waals surface area contributed by atoms with Crippen molar-refractivity contribution in [2.75, 3.05) is 0 Å². The molecule has 1 rings (SSSR count). The Balaban J connectivity index is 2.32. The second-order valence-electron chi connectivity index (χ2n) is 5.33. The van der Waals surface area contributed by atoms with Crippen molar-refractivity contribution in [2.24, 2.45) is 5.92 Å². The number of aliphatic carboxylic acids is 1. The number of carboxylic acids is 1. The maximum absolute atomic E-state index is 11.1. The Morgan fingerprint density at radius 1 is 1.29 bits per heavy atom. The van der Waals surface area contributed by atoms with Crippen LogP contribution >= 0.6 is 0 Å². The average Bonchev–Trinajstić information content (AvgIpc) is 2.35. The summed E-state index contributed by atoms with van der Waals surface area (Å²) in [7, 11) is 0. The molecule has 0 unspecified atom stereocenters. The first-order valence-electron chi connectivity index (χ1n) is 7.16. The third-order valence-corrected chi connectivity index (χ3v) is 4.01. The van der Waals surface area contributed by atoms with Crippen molar-refractivity contribution in [1.29, 1.82) is 0 Å². The Hall–Kier alpha value is -0.570. The van der Waals surface area contributed by atoms with Crippen LogP contribution < -0.4 is 5.32 Å². The minimum atomic E-state index is -0.684. The standard InChI is InChI=1S/C14H27NO2/c1-3-5-6-13(14(16)17)15-12-9-7-11(4-2)8-10-12/h11-13,15H,3-10H2,1-2H3,(H,16,17)/t11?,12?,13-/m0/s1. The van der Waals surface area contributed by atoms with Gasteiger partial charge < -0.3 is 10.4 Å². The number of hydrogen-bond acceptors (Lipinski definition) is 2. The third kappa shape index (κ3) is 5.07. The van der Waals surface area contributed by atoms with E-state index in [1.807, 2.05) is 0 Å². The third-order valence-electron chi connectivity index (χ3n) is 4.01. The summed E-state index contributed by atoms with van der Waals surface area (Å²) in [5.74, 6) is 0.183. The molecule has 1 saturated carbocycles. The van der Waals surface area contributed by atoms with E-state index in [9.17, 15) is 4.79 Å². The molecule has 17 heavy (non-hydrogen) atoms. The lowest BCUT2D eigenvalue weighted by Gasteiger charge is -2.30. The predicted octanol–water partition coefficient (Wildman–Crippen LogP) is 3.19. The van der Waals surface area contributed by atoms with Gasteiger partial charge in [-0.25, -0.2) is 0 Å². The predicted molar refractivity (Wildman–Crippen MR) is 70.1 cm³/mol. The van der Waals surface area contributed by atoms with Crippen LogP contribution in [0, 0.1) is 5.92 Å². The first-order chi connectivity index (χ1) is 8.17. The maximum Gasteiger partial charge on any atom is 0.320 e. The molecule has 1 aliphatic rings. The Bertz CT molecular complexity index is 222. The molecule has 0 heterocycles. The van der Waals surface area contributed by atoms with E-state index in [2.05, 4.69) is 19.2 Å². The summed E-state index contributed by atoms with van der Waals surface area (Å²) in [6, 6.07) is 0.0916. The number of nitrogens with one attached hydrogen (secondary N) is 1. The van der Waals surface area contributed by atoms with Crippen LogP contribution in [0.2, 0.25) is 0 Å². The van der Waals surface area contributed by atoms with Crippen LogP contribution in [0.3, 0.4) is 0 Å². The van der Waals surface area contributed by atoms with Crippen LogP contribution in [-0.4, -0.2) is 23.2 Å². The molecule has 0 bridgehead atoms. The van der Waals surface area contributed by atoms with Crippen LogP contribution in [-0.2, 0) is 4.79 Å². The Morgan fingerprint density at radius 3 is 2.41 bits per heavy atom. The van der Waals surface area contributed by atoms with E-state index in [4.69, 9.17) is 5.11 Å². The van der Waals surface area contributed by atoms with Crippen molar-refractivity contribution >= 4 is 5.97 Å². The number of carbonyl (C=O) groups is 1. The highest BCUT2D eigenvalue weighted by Crippen LogP contribution is 2.26. The molecule has 0 amide bonds. The highest BCUT2D eigenvalue weighted by atomic mass is 16.4. The van der Waals surface area contributed by atoms with E-state index in [1.54, 1.807) is 0 Å². The van der Waals surface area contributed by atoms with Crippen molar-refractivity contribution in [3.8, 4) is 0 Å². The monoisotopic (exact) mass is 241 g/mol. The highest BCUT2D eigenvalue weighted by molar-refractivity contribution is 5.73. The van der Waals surface area contributed by atoms with E-state index >= 15 is 0 Å². The smallest absolute Gasteiger partial charge is 0.320 e. The zero-order chi connectivity index (χ0) is 12.7. The molecule has 100 valence electrons. The topological polar surface area (TPSA) is 49.3 Å². The highest BCUT2D eigenvalue weighted by Gasteiger charge is 2.24. The molecule has 3 nitrogen and oxygen atoms in total. The quantitative estimate of drug-likeness (QED) is 0.719. The lowest BCUT2D eigenvalue weighted by molar-refractivity contribution is -0.140. The van der Waals surface area contributed by atoms with E-state index in [0.717, 1.165) is 38.0 Å². The maximum atomic E-state index is 11.1. The number of rotatable bonds is 7. The molecule has 0 radical (unpaired) electrons. The van der Waals surface area contributed by atoms with Gasteiger partial charge in [0.2, 0.25) is 0 Å². The number of unbranched alkanes of at least 4 members (excludes halogenated alkanes) is 1. The summed E-state index contributed by atoms with van der Waals surface area (Å²) in [6.07, 6.45) is 8.90. The van der Waals surface area contributed by atoms with E-state index < -0.39 is 5.97 Å². The molecular weight excluding hydrogens is 214 g/mol. The summed E-state index contributed by atoms with van der Waals surface area (Å²) >= 11 is 0. The van der Waals surface area contributed by atoms with Crippen LogP contribution in [0.1, 0.15) is 65.2 Å². The molecular formula is C14H27NO2. The Kier molecular flexibility index (Phi) is 6.56. The molecule has 1 fully saturated rings. The van der Waals surface area contributed by atoms with Gasteiger partial charge in [-0.05, 0) is 38.0 Å². The molecule has 1 aliphatic carbocycles. The van der Waals surface area contributed by atoms with Gasteiger partial charge in [-0.15, -0.1) is 0 Å². The molecule has 2 N–H and O–H groups in total. The molecule has 0 aromatic heterocycles. The SMILES string of the molecule is CCCC[C@H](NC1CCC(CC)CC1)C(=O)O. The lowest BCUT2D eigenvalue weighted by Crippen LogP contribution is -2.44. The normalized spacial score (nSPS) is 26.7. The number of carboxylic acid groups (broad SMARTS) is 1. The molecule has 0 aromatic carbocycles. The van der Waals surface area contributed by atoms with Gasteiger partial charge in [0.25, 0.3) is 0 Å². The molecule has 3 heteroatoms. The fourth-order valence-electron chi connectivity index (χ4n) is 2.71. The van der Waals surface area contributed by atoms with Gasteiger partial charge in [-0.3, -0.25) is 4.79 Å². The minimum Gasteiger partial charge on any atom is -0.480 e. The summed E-state index contributed by atoms with van der Waals surface area (Å²) in [4.78, 5) is 11.1. The second kappa shape index (κ2) is 7.70. The van der Waals surface area contributed by atoms with Gasteiger partial charge in [-0.2, -0.15) is 0 Å². The van der Waals surface area contributed by atoms with E-state index in [1.165, 1.54) is 19.3 Å². The fraction of sp³-hybridized carbons (Fsp3) is 0.929. The fourth-order valence-corrected chi connectivity index (χ4v) is 2.71. The van der Waals surface area contributed by atoms with Crippen molar-refractivity contribution in [1.82, 2.24) is 5.32 Å². The number of hydrogen-bond donors (Lipinski definition) is 2. The van der Waals surface area contributed by atoms with Crippen molar-refractivity contribution in [3.63, 3.8) is 0 Å². The summed E-state index contributed by atoms with van der Waals surface area (Å²) < 4.78 is 0. The van der Waals surface area contributed by atoms with E-state index in [-0.39, 0.29) is 6.04 Å². The van der Waals surface area contributed by atoms with Gasteiger partial charge in [-0.1, -0.05) is 33.1 Å². The van der Waals surface area contributed by atoms with Gasteiger partial charge in [0, 0.05) is 6.04 Å². The van der Waals surface area contributed by atoms with Gasteiger partial charge in [0.15, 0.2) is 0 Å². The Morgan fingerprint density at radius 2 is 1.94 bits per heavy atom. The lowest BCUT2D eigenvalue weighted by atomic mass is 9.84. The molecule has 1 atom stereocenters. The van der Waals surface area contributed by atoms with Crippen LogP contribution in [0.4, 0.5) is 0 Å². The molecule has 0 aromatic rings. The van der Waals surface area contributed by atoms with Crippen molar-refractivity contribution < 1.29 is 9.90 Å². The van der Waals surface area contributed by atoms with Crippen LogP contribution in [0.15, 0.2) is 0 Å². The largest absolute Gasteiger partial charge is 0.480 e. The van der Waals surface area contributed by atoms with E-state index in [0.29, 0.717) is 6.04 Å². The molecule has 0 spiro atoms. The zero-order valence-corrected chi connectivity index (χ0v) is 11.2. The molecule has 0 saturated heterocycles. The zero-order valence-electron chi connectivity index (χ0n) is 11.2. The average molecular weight is 241 g/mol. The van der Waals surface area contributed by atoms with Crippen LogP contribution in [0.25, 0.3) is 0 Å².